The van der Waals surface area contributed by atoms with Crippen molar-refractivity contribution in [1.82, 2.24) is 0 Å². The van der Waals surface area contributed by atoms with E-state index < -0.39 is 0 Å². The van der Waals surface area contributed by atoms with Gasteiger partial charge in [-0.3, -0.25) is 0 Å². The molecule has 68 valence electrons. The summed E-state index contributed by atoms with van der Waals surface area (Å²) in [6.45, 7) is 6.10. The SMILES string of the molecule is C=CCOCC[N+](C)(C)C.[I-]. The van der Waals surface area contributed by atoms with E-state index in [1.165, 1.54) is 0 Å². The first-order valence-corrected chi connectivity index (χ1v) is 3.55. The van der Waals surface area contributed by atoms with E-state index in [-0.39, 0.29) is 24.0 Å². The Hall–Kier alpha value is 0.390. The first-order valence-electron chi connectivity index (χ1n) is 3.55. The fourth-order valence-corrected chi connectivity index (χ4v) is 0.505. The predicted octanol–water partition coefficient (Wildman–Crippen LogP) is -2.10. The van der Waals surface area contributed by atoms with Gasteiger partial charge in [-0.15, -0.1) is 6.58 Å². The fourth-order valence-electron chi connectivity index (χ4n) is 0.505. The van der Waals surface area contributed by atoms with Crippen LogP contribution in [-0.2, 0) is 4.74 Å². The largest absolute Gasteiger partial charge is 1.00 e. The third-order valence-corrected chi connectivity index (χ3v) is 1.14. The van der Waals surface area contributed by atoms with Crippen LogP contribution in [0.25, 0.3) is 0 Å². The monoisotopic (exact) mass is 271 g/mol. The summed E-state index contributed by atoms with van der Waals surface area (Å²) in [5.74, 6) is 0. The van der Waals surface area contributed by atoms with Gasteiger partial charge < -0.3 is 33.2 Å². The standard InChI is InChI=1S/C8H18NO.HI/c1-5-7-10-8-6-9(2,3)4;/h5H,1,6-8H2,2-4H3;1H/q+1;/p-1. The van der Waals surface area contributed by atoms with Gasteiger partial charge in [-0.05, 0) is 0 Å². The van der Waals surface area contributed by atoms with Crippen LogP contribution in [0.1, 0.15) is 0 Å². The molecule has 3 heteroatoms. The normalized spacial score (nSPS) is 10.5. The van der Waals surface area contributed by atoms with Crippen LogP contribution in [0.4, 0.5) is 0 Å². The van der Waals surface area contributed by atoms with Crippen molar-refractivity contribution in [3.63, 3.8) is 0 Å². The molecule has 0 unspecified atom stereocenters. The number of quaternary nitrogens is 1. The maximum absolute atomic E-state index is 5.23. The van der Waals surface area contributed by atoms with Crippen LogP contribution in [0.5, 0.6) is 0 Å². The second-order valence-electron chi connectivity index (χ2n) is 3.38. The maximum Gasteiger partial charge on any atom is 0.102 e. The van der Waals surface area contributed by atoms with Crippen molar-refractivity contribution in [1.29, 1.82) is 0 Å². The molecule has 2 nitrogen and oxygen atoms in total. The summed E-state index contributed by atoms with van der Waals surface area (Å²) in [6, 6.07) is 0. The van der Waals surface area contributed by atoms with Crippen LogP contribution in [0.2, 0.25) is 0 Å². The third kappa shape index (κ3) is 13.4. The van der Waals surface area contributed by atoms with E-state index >= 15 is 0 Å². The Balaban J connectivity index is 0. The minimum absolute atomic E-state index is 0. The van der Waals surface area contributed by atoms with E-state index in [1.807, 2.05) is 0 Å². The van der Waals surface area contributed by atoms with Crippen LogP contribution in [-0.4, -0.2) is 45.4 Å². The van der Waals surface area contributed by atoms with Gasteiger partial charge in [0.25, 0.3) is 0 Å². The van der Waals surface area contributed by atoms with Gasteiger partial charge in [0, 0.05) is 0 Å². The smallest absolute Gasteiger partial charge is 0.102 e. The van der Waals surface area contributed by atoms with Gasteiger partial charge in [-0.2, -0.15) is 0 Å². The van der Waals surface area contributed by atoms with Crippen LogP contribution >= 0.6 is 0 Å². The van der Waals surface area contributed by atoms with Crippen LogP contribution in [0, 0.1) is 0 Å². The Labute approximate surface area is 86.8 Å². The van der Waals surface area contributed by atoms with Crippen LogP contribution in [0.3, 0.4) is 0 Å². The van der Waals surface area contributed by atoms with E-state index in [2.05, 4.69) is 27.7 Å². The molecule has 0 heterocycles. The molecule has 0 saturated carbocycles. The summed E-state index contributed by atoms with van der Waals surface area (Å²) in [6.07, 6.45) is 1.77. The van der Waals surface area contributed by atoms with Gasteiger partial charge in [0.05, 0.1) is 34.4 Å². The van der Waals surface area contributed by atoms with E-state index in [9.17, 15) is 0 Å². The number of likely N-dealkylation sites (N-methyl/N-ethyl adjacent to an activating group) is 1. The molecule has 0 aromatic carbocycles. The summed E-state index contributed by atoms with van der Waals surface area (Å²) < 4.78 is 6.18. The molecule has 0 N–H and O–H groups in total. The van der Waals surface area contributed by atoms with E-state index in [0.29, 0.717) is 6.61 Å². The lowest BCUT2D eigenvalue weighted by Crippen LogP contribution is -3.00. The van der Waals surface area contributed by atoms with E-state index in [1.54, 1.807) is 6.08 Å². The van der Waals surface area contributed by atoms with Gasteiger partial charge in [0.1, 0.15) is 6.54 Å². The lowest BCUT2D eigenvalue weighted by molar-refractivity contribution is -0.870. The molecule has 0 aliphatic rings. The lowest BCUT2D eigenvalue weighted by atomic mass is 10.5. The summed E-state index contributed by atoms with van der Waals surface area (Å²) in [5, 5.41) is 0. The van der Waals surface area contributed by atoms with E-state index in [0.717, 1.165) is 17.6 Å². The van der Waals surface area contributed by atoms with Gasteiger partial charge in [0.15, 0.2) is 0 Å². The molecule has 0 aromatic heterocycles. The number of hydrogen-bond donors (Lipinski definition) is 0. The number of hydrogen-bond acceptors (Lipinski definition) is 1. The molecule has 0 fully saturated rings. The number of rotatable bonds is 5. The molecule has 0 saturated heterocycles. The highest BCUT2D eigenvalue weighted by molar-refractivity contribution is 4.63. The maximum atomic E-state index is 5.23. The Morgan fingerprint density at radius 2 is 1.91 bits per heavy atom. The average Bonchev–Trinajstić information content (AvgIpc) is 1.78. The Bertz CT molecular complexity index is 98.8. The zero-order valence-electron chi connectivity index (χ0n) is 7.64. The quantitative estimate of drug-likeness (QED) is 0.241. The van der Waals surface area contributed by atoms with Gasteiger partial charge in [-0.25, -0.2) is 0 Å². The van der Waals surface area contributed by atoms with Crippen molar-refractivity contribution in [3.8, 4) is 0 Å². The fraction of sp³-hybridized carbons (Fsp3) is 0.750. The molecule has 0 spiro atoms. The molecule has 0 aliphatic heterocycles. The number of halogens is 1. The molecule has 0 atom stereocenters. The first kappa shape index (κ1) is 13.9. The molecule has 0 aliphatic carbocycles. The zero-order chi connectivity index (χ0) is 8.04. The molecule has 0 rings (SSSR count). The van der Waals surface area contributed by atoms with Crippen molar-refractivity contribution in [2.45, 2.75) is 0 Å². The average molecular weight is 271 g/mol. The lowest BCUT2D eigenvalue weighted by Gasteiger charge is -2.23. The second-order valence-corrected chi connectivity index (χ2v) is 3.38. The van der Waals surface area contributed by atoms with Crippen molar-refractivity contribution >= 4 is 0 Å². The van der Waals surface area contributed by atoms with Gasteiger partial charge in [-0.1, -0.05) is 6.08 Å². The van der Waals surface area contributed by atoms with Gasteiger partial charge in [0.2, 0.25) is 0 Å². The van der Waals surface area contributed by atoms with Crippen molar-refractivity contribution in [3.05, 3.63) is 12.7 Å². The molecular weight excluding hydrogens is 253 g/mol. The molecule has 0 amide bonds. The molecule has 0 aromatic rings. The first-order chi connectivity index (χ1) is 4.56. The van der Waals surface area contributed by atoms with E-state index in [4.69, 9.17) is 4.74 Å². The van der Waals surface area contributed by atoms with Crippen molar-refractivity contribution in [2.24, 2.45) is 0 Å². The Morgan fingerprint density at radius 3 is 2.27 bits per heavy atom. The minimum Gasteiger partial charge on any atom is -1.00 e. The molecule has 11 heavy (non-hydrogen) atoms. The highest BCUT2D eigenvalue weighted by Gasteiger charge is 2.04. The van der Waals surface area contributed by atoms with Crippen LogP contribution in [0.15, 0.2) is 12.7 Å². The summed E-state index contributed by atoms with van der Waals surface area (Å²) in [5.41, 5.74) is 0. The highest BCUT2D eigenvalue weighted by atomic mass is 127. The topological polar surface area (TPSA) is 9.23 Å². The zero-order valence-corrected chi connectivity index (χ0v) is 9.80. The highest BCUT2D eigenvalue weighted by Crippen LogP contribution is 1.88. The molecular formula is C8H18INO. The van der Waals surface area contributed by atoms with Crippen LogP contribution < -0.4 is 24.0 Å². The van der Waals surface area contributed by atoms with Crippen molar-refractivity contribution < 1.29 is 33.2 Å². The predicted molar refractivity (Wildman–Crippen MR) is 43.9 cm³/mol. The number of ether oxygens (including phenoxy) is 1. The number of nitrogens with zero attached hydrogens (tertiary/aromatic N) is 1. The third-order valence-electron chi connectivity index (χ3n) is 1.14. The summed E-state index contributed by atoms with van der Waals surface area (Å²) in [4.78, 5) is 0. The summed E-state index contributed by atoms with van der Waals surface area (Å²) >= 11 is 0. The minimum atomic E-state index is 0. The summed E-state index contributed by atoms with van der Waals surface area (Å²) in [7, 11) is 6.45. The molecule has 0 bridgehead atoms. The second kappa shape index (κ2) is 7.06. The molecule has 0 radical (unpaired) electrons. The Morgan fingerprint density at radius 1 is 1.36 bits per heavy atom. The van der Waals surface area contributed by atoms with Crippen molar-refractivity contribution in [2.75, 3.05) is 40.9 Å². The Kier molecular flexibility index (Phi) is 8.95. The van der Waals surface area contributed by atoms with Gasteiger partial charge >= 0.3 is 0 Å².